The first-order chi connectivity index (χ1) is 19.2. The minimum absolute atomic E-state index is 0.125. The van der Waals surface area contributed by atoms with Crippen LogP contribution in [0.4, 0.5) is 11.4 Å². The standard InChI is InChI=1S/C27H30N6O6S/c1-3-14-39-24-13-8-19(31-40(37,38)21-11-9-20(10-12-21)33(35)36)15-22(24)26-29-23(16-34)25-17(2)28-27(32(25)30-26)18-6-4-5-7-18/h8-13,15-16,18,23,31H,3-7,14H2,1-2H3,(H,29,30). The van der Waals surface area contributed by atoms with Crippen molar-refractivity contribution < 1.29 is 22.9 Å². The van der Waals surface area contributed by atoms with Gasteiger partial charge in [-0.1, -0.05) is 19.8 Å². The maximum atomic E-state index is 13.1. The maximum Gasteiger partial charge on any atom is 0.269 e. The summed E-state index contributed by atoms with van der Waals surface area (Å²) in [5.74, 6) is 1.89. The highest BCUT2D eigenvalue weighted by Gasteiger charge is 2.33. The van der Waals surface area contributed by atoms with Crippen molar-refractivity contribution in [1.82, 2.24) is 15.0 Å². The highest BCUT2D eigenvalue weighted by atomic mass is 32.2. The summed E-state index contributed by atoms with van der Waals surface area (Å²) in [6.07, 6.45) is 5.80. The number of non-ortho nitro benzene ring substituents is 1. The van der Waals surface area contributed by atoms with Gasteiger partial charge in [-0.2, -0.15) is 0 Å². The lowest BCUT2D eigenvalue weighted by Crippen LogP contribution is -2.37. The summed E-state index contributed by atoms with van der Waals surface area (Å²) in [5, 5.41) is 19.0. The molecule has 210 valence electrons. The average Bonchev–Trinajstić information content (AvgIpc) is 3.60. The smallest absolute Gasteiger partial charge is 0.269 e. The number of aryl methyl sites for hydroxylation is 1. The SMILES string of the molecule is CCCOc1ccc(NS(=O)(=O)c2ccc([N+](=O)[O-])cc2)cc1C1=Nn2c(C3CCCC3)nc(C)c2C(C=O)N1. The molecule has 1 aliphatic carbocycles. The number of anilines is 1. The molecule has 0 amide bonds. The largest absolute Gasteiger partial charge is 0.493 e. The number of ether oxygens (including phenoxy) is 1. The van der Waals surface area contributed by atoms with Crippen LogP contribution in [0, 0.1) is 17.0 Å². The van der Waals surface area contributed by atoms with Gasteiger partial charge >= 0.3 is 0 Å². The fourth-order valence-corrected chi connectivity index (χ4v) is 6.16. The van der Waals surface area contributed by atoms with Crippen LogP contribution < -0.4 is 14.8 Å². The van der Waals surface area contributed by atoms with E-state index >= 15 is 0 Å². The quantitative estimate of drug-likeness (QED) is 0.208. The summed E-state index contributed by atoms with van der Waals surface area (Å²) in [7, 11) is -4.06. The van der Waals surface area contributed by atoms with Crippen molar-refractivity contribution >= 4 is 33.5 Å². The number of benzene rings is 2. The molecule has 1 fully saturated rings. The Morgan fingerprint density at radius 3 is 2.58 bits per heavy atom. The summed E-state index contributed by atoms with van der Waals surface area (Å²) in [5.41, 5.74) is 1.91. The minimum Gasteiger partial charge on any atom is -0.493 e. The molecule has 0 radical (unpaired) electrons. The lowest BCUT2D eigenvalue weighted by atomic mass is 10.1. The number of nitro groups is 1. The van der Waals surface area contributed by atoms with Crippen LogP contribution in [0.5, 0.6) is 5.75 Å². The second kappa shape index (κ2) is 11.1. The number of rotatable bonds is 10. The Labute approximate surface area is 231 Å². The van der Waals surface area contributed by atoms with E-state index in [1.807, 2.05) is 13.8 Å². The lowest BCUT2D eigenvalue weighted by molar-refractivity contribution is -0.384. The normalized spacial score (nSPS) is 17.1. The predicted octanol–water partition coefficient (Wildman–Crippen LogP) is 4.40. The molecule has 1 atom stereocenters. The van der Waals surface area contributed by atoms with Gasteiger partial charge in [0.1, 0.15) is 23.9 Å². The number of hydrogen-bond donors (Lipinski definition) is 2. The van der Waals surface area contributed by atoms with Crippen LogP contribution in [0.2, 0.25) is 0 Å². The molecule has 2 aliphatic rings. The van der Waals surface area contributed by atoms with Crippen molar-refractivity contribution in [1.29, 1.82) is 0 Å². The maximum absolute atomic E-state index is 13.1. The van der Waals surface area contributed by atoms with Crippen molar-refractivity contribution in [2.45, 2.75) is 62.8 Å². The van der Waals surface area contributed by atoms with Gasteiger partial charge in [-0.3, -0.25) is 14.8 Å². The third-order valence-electron chi connectivity index (χ3n) is 7.05. The summed E-state index contributed by atoms with van der Waals surface area (Å²) in [4.78, 5) is 27.2. The van der Waals surface area contributed by atoms with Crippen LogP contribution >= 0.6 is 0 Å². The number of carbonyl (C=O) groups is 1. The van der Waals surface area contributed by atoms with Crippen molar-refractivity contribution in [2.75, 3.05) is 11.3 Å². The Morgan fingerprint density at radius 2 is 1.93 bits per heavy atom. The van der Waals surface area contributed by atoms with Crippen LogP contribution in [0.25, 0.3) is 0 Å². The number of aldehydes is 1. The van der Waals surface area contributed by atoms with E-state index in [1.54, 1.807) is 22.9 Å². The van der Waals surface area contributed by atoms with Gasteiger partial charge in [0.05, 0.1) is 33.4 Å². The third kappa shape index (κ3) is 5.28. The molecule has 1 saturated carbocycles. The Bertz CT molecular complexity index is 1580. The number of nitrogens with one attached hydrogen (secondary N) is 2. The van der Waals surface area contributed by atoms with Crippen LogP contribution in [0.15, 0.2) is 52.5 Å². The second-order valence-electron chi connectivity index (χ2n) is 9.86. The number of amidine groups is 1. The van der Waals surface area contributed by atoms with Crippen molar-refractivity contribution in [3.8, 4) is 5.75 Å². The average molecular weight is 567 g/mol. The number of nitro benzene ring substituents is 1. The van der Waals surface area contributed by atoms with Crippen molar-refractivity contribution in [3.05, 3.63) is 75.4 Å². The Morgan fingerprint density at radius 1 is 1.20 bits per heavy atom. The molecular weight excluding hydrogens is 536 g/mol. The Hall–Kier alpha value is -4.26. The van der Waals surface area contributed by atoms with Gasteiger partial charge in [-0.25, -0.2) is 18.1 Å². The zero-order valence-electron chi connectivity index (χ0n) is 22.2. The number of nitrogens with zero attached hydrogens (tertiary/aromatic N) is 4. The van der Waals surface area contributed by atoms with Crippen LogP contribution in [-0.2, 0) is 14.8 Å². The van der Waals surface area contributed by atoms with E-state index in [2.05, 4.69) is 10.0 Å². The second-order valence-corrected chi connectivity index (χ2v) is 11.5. The Balaban J connectivity index is 1.55. The van der Waals surface area contributed by atoms with E-state index in [0.717, 1.165) is 62.0 Å². The van der Waals surface area contributed by atoms with E-state index in [1.165, 1.54) is 12.1 Å². The van der Waals surface area contributed by atoms with Gasteiger partial charge in [0, 0.05) is 23.7 Å². The molecule has 12 nitrogen and oxygen atoms in total. The number of aromatic nitrogens is 2. The molecule has 40 heavy (non-hydrogen) atoms. The highest BCUT2D eigenvalue weighted by molar-refractivity contribution is 7.92. The fourth-order valence-electron chi connectivity index (χ4n) is 5.12. The topological polar surface area (TPSA) is 158 Å². The minimum atomic E-state index is -4.06. The van der Waals surface area contributed by atoms with Crippen molar-refractivity contribution in [2.24, 2.45) is 5.10 Å². The van der Waals surface area contributed by atoms with E-state index in [9.17, 15) is 23.3 Å². The summed E-state index contributed by atoms with van der Waals surface area (Å²) >= 11 is 0. The van der Waals surface area contributed by atoms with Crippen LogP contribution in [0.3, 0.4) is 0 Å². The van der Waals surface area contributed by atoms with Gasteiger partial charge in [0.15, 0.2) is 5.84 Å². The highest BCUT2D eigenvalue weighted by Crippen LogP contribution is 2.37. The molecule has 5 rings (SSSR count). The number of fused-ring (bicyclic) bond motifs is 1. The van der Waals surface area contributed by atoms with Gasteiger partial charge < -0.3 is 14.8 Å². The number of imidazole rings is 1. The summed E-state index contributed by atoms with van der Waals surface area (Å²) in [6, 6.07) is 8.72. The molecule has 13 heteroatoms. The van der Waals surface area contributed by atoms with Gasteiger partial charge in [-0.15, -0.1) is 5.10 Å². The van der Waals surface area contributed by atoms with E-state index in [-0.39, 0.29) is 22.2 Å². The van der Waals surface area contributed by atoms with Gasteiger partial charge in [0.2, 0.25) is 0 Å². The first-order valence-electron chi connectivity index (χ1n) is 13.2. The molecule has 0 spiro atoms. The van der Waals surface area contributed by atoms with E-state index in [4.69, 9.17) is 14.8 Å². The monoisotopic (exact) mass is 566 g/mol. The molecule has 3 aromatic rings. The molecule has 0 saturated heterocycles. The molecule has 1 aromatic heterocycles. The molecule has 1 aliphatic heterocycles. The molecule has 2 heterocycles. The predicted molar refractivity (Wildman–Crippen MR) is 148 cm³/mol. The summed E-state index contributed by atoms with van der Waals surface area (Å²) in [6.45, 7) is 4.26. The zero-order valence-corrected chi connectivity index (χ0v) is 23.0. The number of hydrogen-bond acceptors (Lipinski definition) is 9. The Kier molecular flexibility index (Phi) is 7.57. The number of sulfonamides is 1. The molecule has 0 bridgehead atoms. The van der Waals surface area contributed by atoms with Crippen molar-refractivity contribution in [3.63, 3.8) is 0 Å². The van der Waals surface area contributed by atoms with Crippen LogP contribution in [0.1, 0.15) is 73.8 Å². The fraction of sp³-hybridized carbons (Fsp3) is 0.370. The van der Waals surface area contributed by atoms with Gasteiger partial charge in [-0.05, 0) is 56.5 Å². The molecule has 1 unspecified atom stereocenters. The van der Waals surface area contributed by atoms with E-state index in [0.29, 0.717) is 29.4 Å². The lowest BCUT2D eigenvalue weighted by Gasteiger charge is -2.25. The first kappa shape index (κ1) is 27.3. The number of carbonyl (C=O) groups excluding carboxylic acids is 1. The molecule has 2 N–H and O–H groups in total. The molecular formula is C27H30N6O6S. The van der Waals surface area contributed by atoms with E-state index < -0.39 is 21.0 Å². The molecule has 2 aromatic carbocycles. The van der Waals surface area contributed by atoms with Crippen LogP contribution in [-0.4, -0.2) is 41.7 Å². The summed E-state index contributed by atoms with van der Waals surface area (Å²) < 4.78 is 36.4. The third-order valence-corrected chi connectivity index (χ3v) is 8.44. The van der Waals surface area contributed by atoms with Gasteiger partial charge in [0.25, 0.3) is 15.7 Å². The first-order valence-corrected chi connectivity index (χ1v) is 14.6. The zero-order chi connectivity index (χ0) is 28.4.